The smallest absolute Gasteiger partial charge is 0.306 e. The Hall–Kier alpha value is -1.43. The number of likely N-dealkylation sites (N-methyl/N-ethyl adjacent to an activating group) is 1. The first kappa shape index (κ1) is 16.6. The predicted molar refractivity (Wildman–Crippen MR) is 62.3 cm³/mol. The summed E-state index contributed by atoms with van der Waals surface area (Å²) in [6.07, 6.45) is -0.965. The number of carbonyl (C=O) groups excluding carboxylic acids is 3. The van der Waals surface area contributed by atoms with E-state index in [1.54, 1.807) is 0 Å². The summed E-state index contributed by atoms with van der Waals surface area (Å²) in [6.45, 7) is 1.76. The second kappa shape index (κ2) is 7.10. The van der Waals surface area contributed by atoms with E-state index < -0.39 is 18.0 Å². The number of esters is 1. The average molecular weight is 259 g/mol. The number of hydrogen-bond acceptors (Lipinski definition) is 5. The molecular formula is C12H21NO5. The lowest BCUT2D eigenvalue weighted by atomic mass is 10.2. The molecule has 104 valence electrons. The summed E-state index contributed by atoms with van der Waals surface area (Å²) in [5.74, 6) is -1.91. The number of ketones is 1. The van der Waals surface area contributed by atoms with Crippen molar-refractivity contribution < 1.29 is 28.7 Å². The minimum Gasteiger partial charge on any atom is -0.550 e. The number of quaternary nitrogens is 1. The molecule has 0 aromatic carbocycles. The van der Waals surface area contributed by atoms with Crippen LogP contribution >= 0.6 is 0 Å². The van der Waals surface area contributed by atoms with Gasteiger partial charge in [-0.05, 0) is 6.92 Å². The van der Waals surface area contributed by atoms with Crippen LogP contribution in [0.3, 0.4) is 0 Å². The second-order valence-corrected chi connectivity index (χ2v) is 5.36. The zero-order valence-corrected chi connectivity index (χ0v) is 11.4. The zero-order chi connectivity index (χ0) is 14.3. The van der Waals surface area contributed by atoms with Gasteiger partial charge in [0.2, 0.25) is 0 Å². The quantitative estimate of drug-likeness (QED) is 0.417. The maximum atomic E-state index is 11.4. The number of carbonyl (C=O) groups is 3. The first-order chi connectivity index (χ1) is 8.10. The van der Waals surface area contributed by atoms with E-state index in [2.05, 4.69) is 0 Å². The van der Waals surface area contributed by atoms with Gasteiger partial charge in [-0.1, -0.05) is 0 Å². The number of carboxylic acids is 1. The topological polar surface area (TPSA) is 83.5 Å². The molecule has 0 aliphatic rings. The Morgan fingerprint density at radius 3 is 2.11 bits per heavy atom. The van der Waals surface area contributed by atoms with Crippen LogP contribution in [0.1, 0.15) is 26.2 Å². The highest BCUT2D eigenvalue weighted by molar-refractivity contribution is 5.81. The third kappa shape index (κ3) is 9.77. The SMILES string of the molecule is CC(=O)CCC(=O)OC(CC(=O)[O-])C[N+](C)(C)C. The molecule has 0 radical (unpaired) electrons. The van der Waals surface area contributed by atoms with E-state index in [-0.39, 0.29) is 25.0 Å². The van der Waals surface area contributed by atoms with Gasteiger partial charge in [0.1, 0.15) is 12.3 Å². The van der Waals surface area contributed by atoms with Crippen molar-refractivity contribution in [2.75, 3.05) is 27.7 Å². The Bertz CT molecular complexity index is 319. The van der Waals surface area contributed by atoms with E-state index in [0.717, 1.165) is 0 Å². The predicted octanol–water partition coefficient (Wildman–Crippen LogP) is -0.886. The monoisotopic (exact) mass is 259 g/mol. The number of rotatable bonds is 8. The van der Waals surface area contributed by atoms with Crippen LogP contribution in [-0.2, 0) is 19.1 Å². The molecule has 0 N–H and O–H groups in total. The van der Waals surface area contributed by atoms with Crippen LogP contribution in [0.15, 0.2) is 0 Å². The summed E-state index contributed by atoms with van der Waals surface area (Å²) in [5, 5.41) is 10.6. The van der Waals surface area contributed by atoms with Crippen molar-refractivity contribution in [3.8, 4) is 0 Å². The molecule has 1 atom stereocenters. The van der Waals surface area contributed by atoms with Gasteiger partial charge in [0.15, 0.2) is 6.10 Å². The molecule has 18 heavy (non-hydrogen) atoms. The van der Waals surface area contributed by atoms with Gasteiger partial charge in [-0.3, -0.25) is 4.79 Å². The minimum absolute atomic E-state index is 0.0178. The van der Waals surface area contributed by atoms with Gasteiger partial charge in [-0.2, -0.15) is 0 Å². The lowest BCUT2D eigenvalue weighted by Gasteiger charge is -2.29. The third-order valence-corrected chi connectivity index (χ3v) is 2.12. The molecular weight excluding hydrogens is 238 g/mol. The molecule has 0 rings (SSSR count). The first-order valence-corrected chi connectivity index (χ1v) is 5.79. The summed E-state index contributed by atoms with van der Waals surface area (Å²) in [6, 6.07) is 0. The number of nitrogens with zero attached hydrogens (tertiary/aromatic N) is 1. The molecule has 0 fully saturated rings. The molecule has 0 amide bonds. The molecule has 0 aromatic rings. The normalized spacial score (nSPS) is 12.9. The zero-order valence-electron chi connectivity index (χ0n) is 11.4. The van der Waals surface area contributed by atoms with Gasteiger partial charge in [0, 0.05) is 18.8 Å². The van der Waals surface area contributed by atoms with Gasteiger partial charge in [0.05, 0.1) is 27.6 Å². The fraction of sp³-hybridized carbons (Fsp3) is 0.750. The van der Waals surface area contributed by atoms with E-state index in [1.165, 1.54) is 6.92 Å². The molecule has 0 spiro atoms. The van der Waals surface area contributed by atoms with Crippen molar-refractivity contribution in [2.45, 2.75) is 32.3 Å². The Labute approximate surface area is 107 Å². The van der Waals surface area contributed by atoms with Crippen molar-refractivity contribution in [3.63, 3.8) is 0 Å². The minimum atomic E-state index is -1.26. The van der Waals surface area contributed by atoms with E-state index >= 15 is 0 Å². The number of carboxylic acid groups (broad SMARTS) is 1. The average Bonchev–Trinajstić information content (AvgIpc) is 2.10. The summed E-state index contributed by atoms with van der Waals surface area (Å²) in [7, 11) is 5.60. The molecule has 0 saturated heterocycles. The Kier molecular flexibility index (Phi) is 6.54. The molecule has 6 nitrogen and oxygen atoms in total. The van der Waals surface area contributed by atoms with Gasteiger partial charge >= 0.3 is 5.97 Å². The van der Waals surface area contributed by atoms with Crippen LogP contribution in [0, 0.1) is 0 Å². The van der Waals surface area contributed by atoms with Gasteiger partial charge in [0.25, 0.3) is 0 Å². The Morgan fingerprint density at radius 1 is 1.17 bits per heavy atom. The third-order valence-electron chi connectivity index (χ3n) is 2.12. The van der Waals surface area contributed by atoms with Crippen LogP contribution in [0.4, 0.5) is 0 Å². The molecule has 0 aliphatic heterocycles. The fourth-order valence-corrected chi connectivity index (χ4v) is 1.46. The lowest BCUT2D eigenvalue weighted by Crippen LogP contribution is -2.45. The van der Waals surface area contributed by atoms with E-state index in [1.807, 2.05) is 21.1 Å². The highest BCUT2D eigenvalue weighted by Gasteiger charge is 2.22. The highest BCUT2D eigenvalue weighted by Crippen LogP contribution is 2.06. The lowest BCUT2D eigenvalue weighted by molar-refractivity contribution is -0.873. The molecule has 0 aliphatic carbocycles. The van der Waals surface area contributed by atoms with Crippen LogP contribution in [0.5, 0.6) is 0 Å². The van der Waals surface area contributed by atoms with Crippen LogP contribution in [0.25, 0.3) is 0 Å². The standard InChI is InChI=1S/C12H21NO5/c1-9(14)5-6-12(17)18-10(7-11(15)16)8-13(2,3)4/h10H,5-8H2,1-4H3. The summed E-state index contributed by atoms with van der Waals surface area (Å²) >= 11 is 0. The van der Waals surface area contributed by atoms with Crippen molar-refractivity contribution in [2.24, 2.45) is 0 Å². The number of hydrogen-bond donors (Lipinski definition) is 0. The van der Waals surface area contributed by atoms with Crippen molar-refractivity contribution in [1.29, 1.82) is 0 Å². The maximum Gasteiger partial charge on any atom is 0.306 e. The second-order valence-electron chi connectivity index (χ2n) is 5.36. The Balaban J connectivity index is 4.35. The number of ether oxygens (including phenoxy) is 1. The van der Waals surface area contributed by atoms with Crippen LogP contribution < -0.4 is 5.11 Å². The van der Waals surface area contributed by atoms with E-state index in [9.17, 15) is 19.5 Å². The molecule has 0 saturated carbocycles. The fourth-order valence-electron chi connectivity index (χ4n) is 1.46. The summed E-state index contributed by atoms with van der Waals surface area (Å²) in [4.78, 5) is 32.7. The molecule has 0 aromatic heterocycles. The first-order valence-electron chi connectivity index (χ1n) is 5.79. The Morgan fingerprint density at radius 2 is 1.72 bits per heavy atom. The maximum absolute atomic E-state index is 11.4. The number of Topliss-reactive ketones (excluding diaryl/α,β-unsaturated/α-hetero) is 1. The van der Waals surface area contributed by atoms with Crippen molar-refractivity contribution in [1.82, 2.24) is 0 Å². The van der Waals surface area contributed by atoms with Gasteiger partial charge < -0.3 is 23.9 Å². The van der Waals surface area contributed by atoms with Gasteiger partial charge in [-0.25, -0.2) is 0 Å². The summed E-state index contributed by atoms with van der Waals surface area (Å²) in [5.41, 5.74) is 0. The van der Waals surface area contributed by atoms with Crippen molar-refractivity contribution >= 4 is 17.7 Å². The largest absolute Gasteiger partial charge is 0.550 e. The van der Waals surface area contributed by atoms with Crippen LogP contribution in [0.2, 0.25) is 0 Å². The highest BCUT2D eigenvalue weighted by atomic mass is 16.5. The number of aliphatic carboxylic acids is 1. The molecule has 1 unspecified atom stereocenters. The van der Waals surface area contributed by atoms with Gasteiger partial charge in [-0.15, -0.1) is 0 Å². The van der Waals surface area contributed by atoms with E-state index in [0.29, 0.717) is 11.0 Å². The molecule has 0 heterocycles. The molecule has 6 heteroatoms. The van der Waals surface area contributed by atoms with E-state index in [4.69, 9.17) is 4.74 Å². The van der Waals surface area contributed by atoms with Crippen LogP contribution in [-0.4, -0.2) is 56.0 Å². The summed E-state index contributed by atoms with van der Waals surface area (Å²) < 4.78 is 5.53. The molecule has 0 bridgehead atoms. The van der Waals surface area contributed by atoms with Crippen molar-refractivity contribution in [3.05, 3.63) is 0 Å².